The van der Waals surface area contributed by atoms with E-state index in [1.807, 2.05) is 13.8 Å². The van der Waals surface area contributed by atoms with Gasteiger partial charge < -0.3 is 19.3 Å². The van der Waals surface area contributed by atoms with Crippen LogP contribution in [0.4, 0.5) is 0 Å². The summed E-state index contributed by atoms with van der Waals surface area (Å²) in [5.74, 6) is 0.494. The minimum atomic E-state index is -3.83. The highest BCUT2D eigenvalue weighted by Gasteiger charge is 2.40. The van der Waals surface area contributed by atoms with Gasteiger partial charge in [-0.2, -0.15) is 9.40 Å². The first-order valence-electron chi connectivity index (χ1n) is 10.9. The molecule has 2 aliphatic rings. The lowest BCUT2D eigenvalue weighted by Crippen LogP contribution is -2.30. The average molecular weight is 489 g/mol. The second-order valence-corrected chi connectivity index (χ2v) is 10.2. The Kier molecular flexibility index (Phi) is 5.56. The van der Waals surface area contributed by atoms with Crippen LogP contribution in [0.1, 0.15) is 25.6 Å². The summed E-state index contributed by atoms with van der Waals surface area (Å²) in [5, 5.41) is 14.6. The third kappa shape index (κ3) is 3.82. The van der Waals surface area contributed by atoms with Gasteiger partial charge in [-0.05, 0) is 31.0 Å². The number of carboxylic acids is 1. The number of rotatable bonds is 7. The van der Waals surface area contributed by atoms with E-state index in [4.69, 9.17) is 14.2 Å². The van der Waals surface area contributed by atoms with Crippen molar-refractivity contribution >= 4 is 26.9 Å². The zero-order chi connectivity index (χ0) is 24.0. The summed E-state index contributed by atoms with van der Waals surface area (Å²) in [6.07, 6.45) is 1.14. The number of carbonyl (C=O) groups is 1. The Hall–Kier alpha value is -3.38. The monoisotopic (exact) mass is 488 g/mol. The fraction of sp³-hybridized carbons (Fsp3) is 0.409. The van der Waals surface area contributed by atoms with E-state index in [0.717, 1.165) is 0 Å². The highest BCUT2D eigenvalue weighted by molar-refractivity contribution is 7.89. The van der Waals surface area contributed by atoms with Crippen molar-refractivity contribution < 1.29 is 32.5 Å². The van der Waals surface area contributed by atoms with Crippen LogP contribution in [-0.4, -0.2) is 65.1 Å². The van der Waals surface area contributed by atoms with Crippen LogP contribution in [0.5, 0.6) is 17.2 Å². The van der Waals surface area contributed by atoms with Crippen molar-refractivity contribution in [3.05, 3.63) is 36.2 Å². The van der Waals surface area contributed by atoms with Gasteiger partial charge in [0.1, 0.15) is 5.75 Å². The van der Waals surface area contributed by atoms with Crippen LogP contribution in [-0.2, 0) is 21.2 Å². The molecule has 5 rings (SSSR count). The number of hydrogen-bond donors (Lipinski definition) is 1. The number of hydrogen-bond acceptors (Lipinski definition) is 8. The van der Waals surface area contributed by atoms with Gasteiger partial charge in [0, 0.05) is 24.5 Å². The van der Waals surface area contributed by atoms with Gasteiger partial charge in [0.2, 0.25) is 6.79 Å². The van der Waals surface area contributed by atoms with Crippen molar-refractivity contribution in [1.82, 2.24) is 19.1 Å². The maximum Gasteiger partial charge on any atom is 0.309 e. The molecular weight excluding hydrogens is 464 g/mol. The van der Waals surface area contributed by atoms with Crippen LogP contribution in [0.25, 0.3) is 10.9 Å². The fourth-order valence-electron chi connectivity index (χ4n) is 4.44. The molecule has 2 atom stereocenters. The molecule has 1 saturated heterocycles. The van der Waals surface area contributed by atoms with E-state index < -0.39 is 16.0 Å². The van der Waals surface area contributed by atoms with Gasteiger partial charge in [-0.15, -0.1) is 0 Å². The van der Waals surface area contributed by atoms with Gasteiger partial charge in [0.25, 0.3) is 10.0 Å². The van der Waals surface area contributed by atoms with Crippen molar-refractivity contribution in [2.75, 3.05) is 26.5 Å². The van der Waals surface area contributed by atoms with E-state index in [1.165, 1.54) is 16.6 Å². The standard InChI is InChI=1S/C22H24N4O7S/c1-3-31-14-4-5-21(23-9-14)34(29,30)25-10-13(2)18(11-25)26-17-8-20-19(32-12-33-20)6-15(17)16(24-26)7-22(27)28/h4-6,8-9,13,18H,3,7,10-12H2,1-2H3,(H,27,28)/t13-,18+/m1/s1. The van der Waals surface area contributed by atoms with Gasteiger partial charge >= 0.3 is 5.97 Å². The highest BCUT2D eigenvalue weighted by Crippen LogP contribution is 2.40. The molecule has 2 aromatic heterocycles. The van der Waals surface area contributed by atoms with Crippen LogP contribution in [0, 0.1) is 5.92 Å². The van der Waals surface area contributed by atoms with Crippen molar-refractivity contribution in [2.24, 2.45) is 5.92 Å². The first-order chi connectivity index (χ1) is 16.3. The molecule has 34 heavy (non-hydrogen) atoms. The number of ether oxygens (including phenoxy) is 3. The first kappa shape index (κ1) is 22.4. The largest absolute Gasteiger partial charge is 0.492 e. The molecule has 0 radical (unpaired) electrons. The molecule has 0 saturated carbocycles. The maximum absolute atomic E-state index is 13.3. The summed E-state index contributed by atoms with van der Waals surface area (Å²) in [6.45, 7) is 4.79. The molecule has 11 nitrogen and oxygen atoms in total. The van der Waals surface area contributed by atoms with Crippen LogP contribution >= 0.6 is 0 Å². The summed E-state index contributed by atoms with van der Waals surface area (Å²) in [4.78, 5) is 15.5. The van der Waals surface area contributed by atoms with Crippen molar-refractivity contribution in [3.8, 4) is 17.2 Å². The maximum atomic E-state index is 13.3. The Morgan fingerprint density at radius 1 is 1.24 bits per heavy atom. The van der Waals surface area contributed by atoms with Crippen molar-refractivity contribution in [1.29, 1.82) is 0 Å². The molecule has 12 heteroatoms. The Bertz CT molecular complexity index is 1350. The molecule has 0 unspecified atom stereocenters. The predicted molar refractivity (Wildman–Crippen MR) is 120 cm³/mol. The molecule has 180 valence electrons. The third-order valence-corrected chi connectivity index (χ3v) is 7.82. The van der Waals surface area contributed by atoms with Crippen molar-refractivity contribution in [2.45, 2.75) is 31.3 Å². The molecule has 1 N–H and O–H groups in total. The molecule has 0 spiro atoms. The number of benzene rings is 1. The Morgan fingerprint density at radius 3 is 2.68 bits per heavy atom. The van der Waals surface area contributed by atoms with Crippen LogP contribution in [0.3, 0.4) is 0 Å². The molecule has 0 amide bonds. The molecule has 4 heterocycles. The molecule has 1 fully saturated rings. The molecule has 0 aliphatic carbocycles. The molecule has 3 aromatic rings. The minimum absolute atomic E-state index is 0.0518. The number of carboxylic acid groups (broad SMARTS) is 1. The molecule has 1 aromatic carbocycles. The van der Waals surface area contributed by atoms with Gasteiger partial charge in [0.05, 0.1) is 36.5 Å². The number of pyridine rings is 1. The SMILES string of the molecule is CCOc1ccc(S(=O)(=O)N2C[C@@H](C)[C@@H](n3nc(CC(=O)O)c4cc5c(cc43)OCO5)C2)nc1. The molecular formula is C22H24N4O7S. The first-order valence-corrected chi connectivity index (χ1v) is 12.3. The zero-order valence-electron chi connectivity index (χ0n) is 18.7. The summed E-state index contributed by atoms with van der Waals surface area (Å²) >= 11 is 0. The van der Waals surface area contributed by atoms with Gasteiger partial charge in [-0.3, -0.25) is 9.48 Å². The topological polar surface area (TPSA) is 133 Å². The number of aromatic nitrogens is 3. The van der Waals surface area contributed by atoms with E-state index in [1.54, 1.807) is 22.9 Å². The van der Waals surface area contributed by atoms with E-state index in [0.29, 0.717) is 40.5 Å². The lowest BCUT2D eigenvalue weighted by Gasteiger charge is -2.17. The van der Waals surface area contributed by atoms with E-state index >= 15 is 0 Å². The smallest absolute Gasteiger partial charge is 0.309 e. The lowest BCUT2D eigenvalue weighted by molar-refractivity contribution is -0.136. The van der Waals surface area contributed by atoms with E-state index in [-0.39, 0.29) is 43.3 Å². The summed E-state index contributed by atoms with van der Waals surface area (Å²) in [7, 11) is -3.83. The Labute approximate surface area is 195 Å². The fourth-order valence-corrected chi connectivity index (χ4v) is 5.91. The van der Waals surface area contributed by atoms with Crippen LogP contribution in [0.15, 0.2) is 35.5 Å². The molecule has 2 aliphatic heterocycles. The third-order valence-electron chi connectivity index (χ3n) is 6.07. The number of aliphatic carboxylic acids is 1. The van der Waals surface area contributed by atoms with Crippen LogP contribution < -0.4 is 14.2 Å². The van der Waals surface area contributed by atoms with Crippen molar-refractivity contribution in [3.63, 3.8) is 0 Å². The normalized spacial score (nSPS) is 20.2. The van der Waals surface area contributed by atoms with Gasteiger partial charge in [0.15, 0.2) is 16.5 Å². The van der Waals surface area contributed by atoms with E-state index in [9.17, 15) is 18.3 Å². The lowest BCUT2D eigenvalue weighted by atomic mass is 10.1. The van der Waals surface area contributed by atoms with Crippen LogP contribution in [0.2, 0.25) is 0 Å². The van der Waals surface area contributed by atoms with Gasteiger partial charge in [-0.1, -0.05) is 6.92 Å². The second-order valence-electron chi connectivity index (χ2n) is 8.32. The quantitative estimate of drug-likeness (QED) is 0.530. The minimum Gasteiger partial charge on any atom is -0.492 e. The summed E-state index contributed by atoms with van der Waals surface area (Å²) in [6, 6.07) is 6.23. The average Bonchev–Trinajstić information content (AvgIpc) is 3.50. The van der Waals surface area contributed by atoms with E-state index in [2.05, 4.69) is 10.1 Å². The Balaban J connectivity index is 1.49. The number of fused-ring (bicyclic) bond motifs is 2. The number of nitrogens with zero attached hydrogens (tertiary/aromatic N) is 4. The number of sulfonamides is 1. The molecule has 0 bridgehead atoms. The second kappa shape index (κ2) is 8.44. The predicted octanol–water partition coefficient (Wildman–Crippen LogP) is 2.07. The van der Waals surface area contributed by atoms with Gasteiger partial charge in [-0.25, -0.2) is 13.4 Å². The summed E-state index contributed by atoms with van der Waals surface area (Å²) in [5.41, 5.74) is 1.07. The highest BCUT2D eigenvalue weighted by atomic mass is 32.2. The Morgan fingerprint density at radius 2 is 2.00 bits per heavy atom. The summed E-state index contributed by atoms with van der Waals surface area (Å²) < 4.78 is 46.0. The zero-order valence-corrected chi connectivity index (χ0v) is 19.5.